The van der Waals surface area contributed by atoms with E-state index >= 15 is 0 Å². The highest BCUT2D eigenvalue weighted by Crippen LogP contribution is 2.24. The molecule has 1 aromatic carbocycles. The zero-order chi connectivity index (χ0) is 13.8. The number of anilines is 2. The van der Waals surface area contributed by atoms with E-state index < -0.39 is 0 Å². The first-order valence-corrected chi connectivity index (χ1v) is 6.64. The second kappa shape index (κ2) is 5.85. The molecule has 0 unspecified atom stereocenters. The smallest absolute Gasteiger partial charge is 0.133 e. The van der Waals surface area contributed by atoms with Crippen LogP contribution in [-0.4, -0.2) is 12.0 Å². The van der Waals surface area contributed by atoms with Crippen LogP contribution in [0.2, 0.25) is 0 Å². The fourth-order valence-electron chi connectivity index (χ4n) is 2.07. The van der Waals surface area contributed by atoms with E-state index in [1.807, 2.05) is 7.05 Å². The van der Waals surface area contributed by atoms with Gasteiger partial charge in [0.05, 0.1) is 0 Å². The Balaban J connectivity index is 2.40. The van der Waals surface area contributed by atoms with Crippen LogP contribution in [0.4, 0.5) is 11.5 Å². The van der Waals surface area contributed by atoms with Crippen molar-refractivity contribution in [3.63, 3.8) is 0 Å². The van der Waals surface area contributed by atoms with E-state index in [0.29, 0.717) is 6.54 Å². The topological polar surface area (TPSA) is 42.1 Å². The average molecular weight is 255 g/mol. The van der Waals surface area contributed by atoms with Crippen molar-refractivity contribution in [1.29, 1.82) is 0 Å². The van der Waals surface area contributed by atoms with Gasteiger partial charge in [0.15, 0.2) is 0 Å². The summed E-state index contributed by atoms with van der Waals surface area (Å²) in [6.45, 7) is 4.75. The molecule has 1 aromatic heterocycles. The first kappa shape index (κ1) is 13.6. The summed E-state index contributed by atoms with van der Waals surface area (Å²) in [6, 6.07) is 12.5. The molecule has 0 aliphatic rings. The van der Waals surface area contributed by atoms with E-state index in [-0.39, 0.29) is 0 Å². The summed E-state index contributed by atoms with van der Waals surface area (Å²) in [5, 5.41) is 0. The third-order valence-corrected chi connectivity index (χ3v) is 3.26. The zero-order valence-electron chi connectivity index (χ0n) is 11.9. The van der Waals surface area contributed by atoms with Gasteiger partial charge in [-0.1, -0.05) is 19.1 Å². The minimum atomic E-state index is 0.546. The van der Waals surface area contributed by atoms with Crippen molar-refractivity contribution < 1.29 is 0 Å². The number of aryl methyl sites for hydroxylation is 2. The molecule has 0 bridgehead atoms. The molecule has 0 spiro atoms. The highest BCUT2D eigenvalue weighted by atomic mass is 15.2. The molecule has 0 aliphatic heterocycles. The minimum absolute atomic E-state index is 0.546. The van der Waals surface area contributed by atoms with Crippen LogP contribution in [0.25, 0.3) is 0 Å². The number of pyridine rings is 1. The summed E-state index contributed by atoms with van der Waals surface area (Å²) >= 11 is 0. The highest BCUT2D eigenvalue weighted by molar-refractivity contribution is 5.60. The monoisotopic (exact) mass is 255 g/mol. The van der Waals surface area contributed by atoms with Gasteiger partial charge in [0, 0.05) is 25.0 Å². The van der Waals surface area contributed by atoms with Gasteiger partial charge in [-0.25, -0.2) is 4.98 Å². The molecule has 0 radical (unpaired) electrons. The Morgan fingerprint density at radius 1 is 1.21 bits per heavy atom. The fraction of sp³-hybridized carbons (Fsp3) is 0.312. The highest BCUT2D eigenvalue weighted by Gasteiger charge is 2.08. The predicted octanol–water partition coefficient (Wildman–Crippen LogP) is 3.18. The Labute approximate surface area is 115 Å². The standard InChI is InChI=1S/C16H21N3/c1-4-14-9-13(11-17)10-16(18-14)19(3)15-7-5-6-12(2)8-15/h5-10H,4,11,17H2,1-3H3. The number of rotatable bonds is 4. The minimum Gasteiger partial charge on any atom is -0.329 e. The summed E-state index contributed by atoms with van der Waals surface area (Å²) in [5.74, 6) is 0.949. The van der Waals surface area contributed by atoms with E-state index in [9.17, 15) is 0 Å². The fourth-order valence-corrected chi connectivity index (χ4v) is 2.07. The van der Waals surface area contributed by atoms with Gasteiger partial charge in [0.2, 0.25) is 0 Å². The van der Waals surface area contributed by atoms with Crippen molar-refractivity contribution in [3.8, 4) is 0 Å². The molecule has 0 saturated heterocycles. The Morgan fingerprint density at radius 3 is 2.63 bits per heavy atom. The summed E-state index contributed by atoms with van der Waals surface area (Å²) < 4.78 is 0. The van der Waals surface area contributed by atoms with Gasteiger partial charge in [0.25, 0.3) is 0 Å². The molecule has 19 heavy (non-hydrogen) atoms. The predicted molar refractivity (Wildman–Crippen MR) is 80.7 cm³/mol. The van der Waals surface area contributed by atoms with Crippen LogP contribution >= 0.6 is 0 Å². The second-order valence-corrected chi connectivity index (χ2v) is 4.78. The molecule has 3 nitrogen and oxygen atoms in total. The van der Waals surface area contributed by atoms with E-state index in [0.717, 1.165) is 29.2 Å². The molecule has 0 amide bonds. The Kier molecular flexibility index (Phi) is 4.17. The molecule has 0 aliphatic carbocycles. The van der Waals surface area contributed by atoms with E-state index in [2.05, 4.69) is 60.1 Å². The van der Waals surface area contributed by atoms with Gasteiger partial charge >= 0.3 is 0 Å². The molecule has 2 aromatic rings. The second-order valence-electron chi connectivity index (χ2n) is 4.78. The molecule has 0 fully saturated rings. The van der Waals surface area contributed by atoms with Gasteiger partial charge in [-0.3, -0.25) is 0 Å². The van der Waals surface area contributed by atoms with Crippen LogP contribution in [0.15, 0.2) is 36.4 Å². The normalized spacial score (nSPS) is 10.5. The zero-order valence-corrected chi connectivity index (χ0v) is 11.9. The van der Waals surface area contributed by atoms with E-state index in [1.165, 1.54) is 5.56 Å². The lowest BCUT2D eigenvalue weighted by molar-refractivity contribution is 0.971. The number of hydrogen-bond donors (Lipinski definition) is 1. The first-order chi connectivity index (χ1) is 9.13. The van der Waals surface area contributed by atoms with Crippen molar-refractivity contribution in [2.75, 3.05) is 11.9 Å². The molecule has 3 heteroatoms. The molecule has 2 rings (SSSR count). The molecule has 1 heterocycles. The van der Waals surface area contributed by atoms with Gasteiger partial charge in [-0.15, -0.1) is 0 Å². The lowest BCUT2D eigenvalue weighted by atomic mass is 10.1. The lowest BCUT2D eigenvalue weighted by Gasteiger charge is -2.20. The average Bonchev–Trinajstić information content (AvgIpc) is 2.45. The molecule has 0 atom stereocenters. The molecule has 0 saturated carbocycles. The maximum absolute atomic E-state index is 5.76. The number of nitrogens with two attached hydrogens (primary N) is 1. The lowest BCUT2D eigenvalue weighted by Crippen LogP contribution is -2.13. The van der Waals surface area contributed by atoms with Gasteiger partial charge < -0.3 is 10.6 Å². The van der Waals surface area contributed by atoms with Crippen molar-refractivity contribution in [1.82, 2.24) is 4.98 Å². The molecule has 2 N–H and O–H groups in total. The third-order valence-electron chi connectivity index (χ3n) is 3.26. The largest absolute Gasteiger partial charge is 0.329 e. The number of benzene rings is 1. The van der Waals surface area contributed by atoms with Crippen molar-refractivity contribution >= 4 is 11.5 Å². The van der Waals surface area contributed by atoms with Crippen LogP contribution in [0.1, 0.15) is 23.7 Å². The van der Waals surface area contributed by atoms with Crippen LogP contribution in [0, 0.1) is 6.92 Å². The number of nitrogens with zero attached hydrogens (tertiary/aromatic N) is 2. The van der Waals surface area contributed by atoms with Crippen LogP contribution in [-0.2, 0) is 13.0 Å². The van der Waals surface area contributed by atoms with E-state index in [4.69, 9.17) is 5.73 Å². The van der Waals surface area contributed by atoms with E-state index in [1.54, 1.807) is 0 Å². The van der Waals surface area contributed by atoms with Crippen molar-refractivity contribution in [2.24, 2.45) is 5.73 Å². The Hall–Kier alpha value is -1.87. The van der Waals surface area contributed by atoms with Gasteiger partial charge in [-0.05, 0) is 48.7 Å². The molecular weight excluding hydrogens is 234 g/mol. The third kappa shape index (κ3) is 3.12. The molecular formula is C16H21N3. The van der Waals surface area contributed by atoms with Crippen LogP contribution in [0.5, 0.6) is 0 Å². The summed E-state index contributed by atoms with van der Waals surface area (Å²) in [7, 11) is 2.04. The number of hydrogen-bond acceptors (Lipinski definition) is 3. The maximum atomic E-state index is 5.76. The SMILES string of the molecule is CCc1cc(CN)cc(N(C)c2cccc(C)c2)n1. The number of aromatic nitrogens is 1. The Bertz CT molecular complexity index is 541. The maximum Gasteiger partial charge on any atom is 0.133 e. The van der Waals surface area contributed by atoms with Gasteiger partial charge in [-0.2, -0.15) is 0 Å². The van der Waals surface area contributed by atoms with Crippen LogP contribution in [0.3, 0.4) is 0 Å². The quantitative estimate of drug-likeness (QED) is 0.912. The van der Waals surface area contributed by atoms with Gasteiger partial charge in [0.1, 0.15) is 5.82 Å². The molecule has 100 valence electrons. The Morgan fingerprint density at radius 2 is 2.00 bits per heavy atom. The summed E-state index contributed by atoms with van der Waals surface area (Å²) in [4.78, 5) is 6.78. The van der Waals surface area contributed by atoms with Crippen LogP contribution < -0.4 is 10.6 Å². The van der Waals surface area contributed by atoms with Crippen molar-refractivity contribution in [3.05, 3.63) is 53.2 Å². The first-order valence-electron chi connectivity index (χ1n) is 6.64. The van der Waals surface area contributed by atoms with Crippen molar-refractivity contribution in [2.45, 2.75) is 26.8 Å². The summed E-state index contributed by atoms with van der Waals surface area (Å²) in [5.41, 5.74) is 10.4. The summed E-state index contributed by atoms with van der Waals surface area (Å²) in [6.07, 6.45) is 0.919.